The van der Waals surface area contributed by atoms with Crippen LogP contribution in [0.2, 0.25) is 15.2 Å². The van der Waals surface area contributed by atoms with E-state index in [1.807, 2.05) is 0 Å². The van der Waals surface area contributed by atoms with Gasteiger partial charge in [-0.05, 0) is 29.3 Å². The Hall–Kier alpha value is -2.02. The molecule has 0 radical (unpaired) electrons. The largest absolute Gasteiger partial charge is 0.497 e. The lowest BCUT2D eigenvalue weighted by atomic mass is 10.2. The number of nitrogen functional groups attached to an aromatic ring is 1. The van der Waals surface area contributed by atoms with Crippen molar-refractivity contribution < 1.29 is 14.5 Å². The van der Waals surface area contributed by atoms with Crippen molar-refractivity contribution in [2.24, 2.45) is 5.10 Å². The first-order chi connectivity index (χ1) is 10.9. The van der Waals surface area contributed by atoms with Crippen LogP contribution in [0.25, 0.3) is 0 Å². The van der Waals surface area contributed by atoms with Crippen molar-refractivity contribution in [3.63, 3.8) is 0 Å². The molecule has 0 aliphatic rings. The number of nitrogens with zero attached hydrogens (tertiary/aromatic N) is 1. The molecule has 23 heavy (non-hydrogen) atoms. The number of benzene rings is 1. The molecule has 4 N–H and O–H groups in total. The second-order valence-corrected chi connectivity index (χ2v) is 5.47. The van der Waals surface area contributed by atoms with Crippen molar-refractivity contribution in [3.8, 4) is 5.75 Å². The third-order valence-electron chi connectivity index (χ3n) is 2.82. The van der Waals surface area contributed by atoms with Gasteiger partial charge in [0.2, 0.25) is 0 Å². The van der Waals surface area contributed by atoms with Crippen LogP contribution < -0.4 is 20.9 Å². The second kappa shape index (κ2) is 7.50. The molecule has 1 aromatic heterocycles. The van der Waals surface area contributed by atoms with E-state index in [0.29, 0.717) is 5.75 Å². The Bertz CT molecular complexity index is 781. The van der Waals surface area contributed by atoms with Crippen molar-refractivity contribution in [1.29, 1.82) is 0 Å². The average molecular weight is 375 g/mol. The molecule has 0 bridgehead atoms. The van der Waals surface area contributed by atoms with E-state index in [-0.39, 0.29) is 26.6 Å². The predicted octanol–water partition coefficient (Wildman–Crippen LogP) is 2.82. The first-order valence-corrected chi connectivity index (χ1v) is 7.40. The monoisotopic (exact) mass is 373 g/mol. The Morgan fingerprint density at radius 3 is 2.78 bits per heavy atom. The summed E-state index contributed by atoms with van der Waals surface area (Å²) in [5.74, 6) is 0.0633. The number of ether oxygens (including phenoxy) is 1. The number of carbonyl (C=O) groups excluding carboxylic acids is 1. The molecule has 2 aromatic rings. The summed E-state index contributed by atoms with van der Waals surface area (Å²) in [4.78, 5) is 14.6. The number of halogens is 3. The van der Waals surface area contributed by atoms with Gasteiger partial charge >= 0.3 is 5.91 Å². The molecule has 0 atom stereocenters. The first kappa shape index (κ1) is 17.3. The topological polar surface area (TPSA) is 90.8 Å². The second-order valence-electron chi connectivity index (χ2n) is 4.33. The molecule has 120 valence electrons. The highest BCUT2D eigenvalue weighted by Gasteiger charge is 2.25. The van der Waals surface area contributed by atoms with Crippen LogP contribution in [0.5, 0.6) is 5.75 Å². The van der Waals surface area contributed by atoms with Crippen LogP contribution in [0.1, 0.15) is 16.1 Å². The highest BCUT2D eigenvalue weighted by atomic mass is 35.5. The third-order valence-corrected chi connectivity index (χ3v) is 3.99. The number of hydrogen-bond donors (Lipinski definition) is 2. The van der Waals surface area contributed by atoms with Gasteiger partial charge in [0.15, 0.2) is 0 Å². The minimum Gasteiger partial charge on any atom is -0.497 e. The highest BCUT2D eigenvalue weighted by Crippen LogP contribution is 2.31. The predicted molar refractivity (Wildman–Crippen MR) is 90.5 cm³/mol. The standard InChI is InChI=1S/C14H11Cl3N4O2/c1-23-8-4-2-3-7(5-8)6-19-21-14(22)12-9(15)11(18)10(16)13(17)20-12/h2-6H,1H3,(H2,18,20)(H,21,22)/p+1/b19-6+. The molecule has 0 aliphatic heterocycles. The van der Waals surface area contributed by atoms with Crippen LogP contribution in [0.15, 0.2) is 29.4 Å². The van der Waals surface area contributed by atoms with Gasteiger partial charge in [-0.3, -0.25) is 4.79 Å². The molecule has 2 rings (SSSR count). The fourth-order valence-corrected chi connectivity index (χ4v) is 2.28. The number of aromatic nitrogens is 1. The lowest BCUT2D eigenvalue weighted by Gasteiger charge is -2.03. The number of methoxy groups -OCH3 is 1. The maximum atomic E-state index is 12.1. The van der Waals surface area contributed by atoms with Gasteiger partial charge < -0.3 is 10.5 Å². The Kier molecular flexibility index (Phi) is 5.65. The molecule has 6 nitrogen and oxygen atoms in total. The molecule has 0 fully saturated rings. The molecule has 1 aromatic carbocycles. The van der Waals surface area contributed by atoms with Gasteiger partial charge in [-0.2, -0.15) is 10.1 Å². The van der Waals surface area contributed by atoms with E-state index < -0.39 is 5.91 Å². The quantitative estimate of drug-likeness (QED) is 0.490. The Morgan fingerprint density at radius 2 is 2.09 bits per heavy atom. The average Bonchev–Trinajstić information content (AvgIpc) is 2.56. The molecule has 1 heterocycles. The summed E-state index contributed by atoms with van der Waals surface area (Å²) in [6, 6.07) is 7.15. The summed E-state index contributed by atoms with van der Waals surface area (Å²) in [5.41, 5.74) is 8.71. The van der Waals surface area contributed by atoms with Crippen LogP contribution in [0, 0.1) is 0 Å². The van der Waals surface area contributed by atoms with Crippen molar-refractivity contribution in [2.45, 2.75) is 0 Å². The first-order valence-electron chi connectivity index (χ1n) is 6.26. The van der Waals surface area contributed by atoms with Crippen LogP contribution in [0.4, 0.5) is 5.69 Å². The summed E-state index contributed by atoms with van der Waals surface area (Å²) in [7, 11) is 1.56. The molecule has 1 amide bonds. The van der Waals surface area contributed by atoms with E-state index in [0.717, 1.165) is 5.56 Å². The smallest absolute Gasteiger partial charge is 0.337 e. The Balaban J connectivity index is 2.15. The number of nitrogens with one attached hydrogen (secondary N) is 2. The van der Waals surface area contributed by atoms with Crippen LogP contribution in [-0.4, -0.2) is 19.2 Å². The minimum absolute atomic E-state index is 0.00971. The number of pyridine rings is 1. The highest BCUT2D eigenvalue weighted by molar-refractivity contribution is 6.45. The van der Waals surface area contributed by atoms with E-state index in [1.165, 1.54) is 6.21 Å². The van der Waals surface area contributed by atoms with Crippen molar-refractivity contribution in [3.05, 3.63) is 50.7 Å². The van der Waals surface area contributed by atoms with Crippen LogP contribution in [-0.2, 0) is 0 Å². The summed E-state index contributed by atoms with van der Waals surface area (Å²) < 4.78 is 5.09. The molecule has 0 saturated carbocycles. The van der Waals surface area contributed by atoms with Gasteiger partial charge in [0.25, 0.3) is 10.8 Å². The van der Waals surface area contributed by atoms with E-state index in [4.69, 9.17) is 45.3 Å². The van der Waals surface area contributed by atoms with Gasteiger partial charge in [-0.15, -0.1) is 0 Å². The summed E-state index contributed by atoms with van der Waals surface area (Å²) in [6.45, 7) is 0. The molecule has 0 spiro atoms. The molecule has 0 aliphatic carbocycles. The number of hydrazone groups is 1. The number of nitrogens with two attached hydrogens (primary N) is 1. The maximum absolute atomic E-state index is 12.1. The molecular formula is C14H12Cl3N4O2+. The zero-order valence-corrected chi connectivity index (χ0v) is 14.1. The molecular weight excluding hydrogens is 363 g/mol. The van der Waals surface area contributed by atoms with Gasteiger partial charge in [0.05, 0.1) is 19.0 Å². The van der Waals surface area contributed by atoms with Crippen LogP contribution >= 0.6 is 34.8 Å². The number of hydrogen-bond acceptors (Lipinski definition) is 4. The number of rotatable bonds is 4. The fourth-order valence-electron chi connectivity index (χ4n) is 1.67. The Morgan fingerprint density at radius 1 is 1.35 bits per heavy atom. The van der Waals surface area contributed by atoms with E-state index in [1.54, 1.807) is 31.4 Å². The summed E-state index contributed by atoms with van der Waals surface area (Å²) in [6.07, 6.45) is 1.45. The normalized spacial score (nSPS) is 10.8. The lowest BCUT2D eigenvalue weighted by molar-refractivity contribution is -0.379. The third kappa shape index (κ3) is 4.04. The SMILES string of the molecule is COc1cccc(/C=N/NC(=O)c2[nH+]c(Cl)c(Cl)c(N)c2Cl)c1. The number of carbonyl (C=O) groups is 1. The van der Waals surface area contributed by atoms with Crippen molar-refractivity contribution in [2.75, 3.05) is 12.8 Å². The summed E-state index contributed by atoms with van der Waals surface area (Å²) >= 11 is 17.6. The minimum atomic E-state index is -0.612. The van der Waals surface area contributed by atoms with Crippen LogP contribution in [0.3, 0.4) is 0 Å². The van der Waals surface area contributed by atoms with Gasteiger partial charge in [-0.1, -0.05) is 35.3 Å². The van der Waals surface area contributed by atoms with Crippen molar-refractivity contribution in [1.82, 2.24) is 5.43 Å². The fraction of sp³-hybridized carbons (Fsp3) is 0.0714. The maximum Gasteiger partial charge on any atom is 0.337 e. The number of aromatic amines is 1. The molecule has 0 saturated heterocycles. The van der Waals surface area contributed by atoms with Gasteiger partial charge in [0.1, 0.15) is 15.8 Å². The molecule has 0 unspecified atom stereocenters. The van der Waals surface area contributed by atoms with Gasteiger partial charge in [0, 0.05) is 0 Å². The summed E-state index contributed by atoms with van der Waals surface area (Å²) in [5, 5.41) is 3.87. The zero-order valence-electron chi connectivity index (χ0n) is 11.9. The number of amides is 1. The zero-order chi connectivity index (χ0) is 17.0. The Labute approximate surface area is 147 Å². The molecule has 9 heteroatoms. The van der Waals surface area contributed by atoms with E-state index >= 15 is 0 Å². The lowest BCUT2D eigenvalue weighted by Crippen LogP contribution is -2.28. The van der Waals surface area contributed by atoms with Gasteiger partial charge in [-0.25, -0.2) is 5.43 Å². The van der Waals surface area contributed by atoms with E-state index in [2.05, 4.69) is 15.5 Å². The number of H-pyrrole nitrogens is 1. The van der Waals surface area contributed by atoms with Crippen molar-refractivity contribution >= 4 is 52.6 Å². The number of anilines is 1. The van der Waals surface area contributed by atoms with E-state index in [9.17, 15) is 4.79 Å².